The maximum Gasteiger partial charge on any atom is 0.407 e. The van der Waals surface area contributed by atoms with Crippen molar-refractivity contribution in [2.75, 3.05) is 54.2 Å². The van der Waals surface area contributed by atoms with Crippen LogP contribution in [-0.4, -0.2) is 82.8 Å². The van der Waals surface area contributed by atoms with Crippen LogP contribution in [0.3, 0.4) is 0 Å². The van der Waals surface area contributed by atoms with Crippen molar-refractivity contribution in [2.45, 2.75) is 78.0 Å². The number of methoxy groups -OCH3 is 2. The smallest absolute Gasteiger partial charge is 0.407 e. The lowest BCUT2D eigenvalue weighted by Gasteiger charge is -2.30. The highest BCUT2D eigenvalue weighted by Crippen LogP contribution is 2.36. The first-order valence-electron chi connectivity index (χ1n) is 19.6. The summed E-state index contributed by atoms with van der Waals surface area (Å²) < 4.78 is 49.3. The van der Waals surface area contributed by atoms with Gasteiger partial charge in [0.2, 0.25) is 0 Å². The number of ether oxygens (including phenoxy) is 6. The summed E-state index contributed by atoms with van der Waals surface area (Å²) in [6.45, 7) is 9.88. The van der Waals surface area contributed by atoms with Crippen molar-refractivity contribution < 1.29 is 42.4 Å². The molecule has 1 N–H and O–H groups in total. The van der Waals surface area contributed by atoms with Gasteiger partial charge in [-0.3, -0.25) is 4.79 Å². The molecule has 0 aliphatic carbocycles. The van der Waals surface area contributed by atoms with E-state index in [1.54, 1.807) is 71.2 Å². The lowest BCUT2D eigenvalue weighted by molar-refractivity contribution is 0.0497. The largest absolute Gasteiger partial charge is 0.496 e. The molecule has 2 amide bonds. The van der Waals surface area contributed by atoms with Crippen LogP contribution in [0.5, 0.6) is 17.2 Å². The summed E-state index contributed by atoms with van der Waals surface area (Å²) in [5.74, 6) is 1.31. The van der Waals surface area contributed by atoms with E-state index in [1.165, 1.54) is 6.07 Å². The zero-order valence-corrected chi connectivity index (χ0v) is 34.5. The van der Waals surface area contributed by atoms with Gasteiger partial charge in [0, 0.05) is 62.4 Å². The Morgan fingerprint density at radius 3 is 2.21 bits per heavy atom. The van der Waals surface area contributed by atoms with Gasteiger partial charge in [0.15, 0.2) is 0 Å². The van der Waals surface area contributed by atoms with Crippen LogP contribution >= 0.6 is 0 Å². The SMILES string of the molecule is CCCc1cc(-c2ccccc2F)c(OCCCOC)cc1C(=O)N(C)[C@@H](CNC(=O)OC(C)(C)C)Cc1ccc(OCCCOCc2ccccc2OC)cc1. The standard InChI is InChI=1S/C46H59FN2O8/c1-8-15-34-29-40(38-17-10-11-18-41(38)47)43(56-27-13-24-52-6)30-39(34)44(50)49(5)36(31-48-45(51)57-46(2,3)4)28-33-20-22-37(23-21-33)55-26-14-25-54-32-35-16-9-12-19-42(35)53-7/h9-12,16-23,29-30,36H,8,13-15,24-28,31-32H2,1-7H3,(H,48,51)/t36-/m1/s1. The number of nitrogens with one attached hydrogen (secondary N) is 1. The Bertz CT molecular complexity index is 1860. The van der Waals surface area contributed by atoms with Gasteiger partial charge in [-0.05, 0) is 81.1 Å². The molecule has 0 aliphatic heterocycles. The Hall–Kier alpha value is -5.13. The van der Waals surface area contributed by atoms with Gasteiger partial charge < -0.3 is 38.6 Å². The van der Waals surface area contributed by atoms with Crippen molar-refractivity contribution in [1.82, 2.24) is 10.2 Å². The minimum Gasteiger partial charge on any atom is -0.496 e. The number of nitrogens with zero attached hydrogens (tertiary/aromatic N) is 1. The number of benzene rings is 4. The molecule has 4 rings (SSSR count). The molecule has 0 spiro atoms. The van der Waals surface area contributed by atoms with Crippen LogP contribution in [0.2, 0.25) is 0 Å². The lowest BCUT2D eigenvalue weighted by Crippen LogP contribution is -2.47. The minimum atomic E-state index is -0.687. The second-order valence-corrected chi connectivity index (χ2v) is 14.8. The fourth-order valence-corrected chi connectivity index (χ4v) is 6.26. The van der Waals surface area contributed by atoms with Gasteiger partial charge in [0.05, 0.1) is 39.6 Å². The van der Waals surface area contributed by atoms with E-state index in [9.17, 15) is 9.59 Å². The third-order valence-electron chi connectivity index (χ3n) is 9.17. The number of aryl methyl sites for hydroxylation is 1. The van der Waals surface area contributed by atoms with Gasteiger partial charge in [0.25, 0.3) is 5.91 Å². The number of carbonyl (C=O) groups is 2. The van der Waals surface area contributed by atoms with Crippen molar-refractivity contribution in [3.8, 4) is 28.4 Å². The number of likely N-dealkylation sites (N-methyl/N-ethyl adjacent to an activating group) is 1. The van der Waals surface area contributed by atoms with Crippen LogP contribution in [0, 0.1) is 5.82 Å². The van der Waals surface area contributed by atoms with Crippen molar-refractivity contribution in [3.05, 3.63) is 113 Å². The van der Waals surface area contributed by atoms with Crippen molar-refractivity contribution in [1.29, 1.82) is 0 Å². The summed E-state index contributed by atoms with van der Waals surface area (Å²) in [6.07, 6.45) is 2.56. The van der Waals surface area contributed by atoms with Crippen LogP contribution in [0.1, 0.15) is 74.0 Å². The summed E-state index contributed by atoms with van der Waals surface area (Å²) in [6, 6.07) is 25.2. The maximum absolute atomic E-state index is 15.2. The Morgan fingerprint density at radius 2 is 1.51 bits per heavy atom. The molecule has 57 heavy (non-hydrogen) atoms. The van der Waals surface area contributed by atoms with E-state index in [2.05, 4.69) is 5.32 Å². The monoisotopic (exact) mass is 786 g/mol. The molecule has 0 bridgehead atoms. The average Bonchev–Trinajstić information content (AvgIpc) is 3.19. The number of para-hydroxylation sites is 1. The molecule has 0 saturated heterocycles. The fourth-order valence-electron chi connectivity index (χ4n) is 6.26. The molecular formula is C46H59FN2O8. The predicted octanol–water partition coefficient (Wildman–Crippen LogP) is 9.06. The second kappa shape index (κ2) is 22.6. The van der Waals surface area contributed by atoms with Crippen LogP contribution in [0.15, 0.2) is 84.9 Å². The van der Waals surface area contributed by atoms with Crippen LogP contribution in [0.4, 0.5) is 9.18 Å². The molecule has 4 aromatic carbocycles. The first-order valence-corrected chi connectivity index (χ1v) is 19.6. The summed E-state index contributed by atoms with van der Waals surface area (Å²) in [4.78, 5) is 29.0. The molecule has 0 heterocycles. The molecule has 4 aromatic rings. The maximum atomic E-state index is 15.2. The summed E-state index contributed by atoms with van der Waals surface area (Å²) >= 11 is 0. The van der Waals surface area contributed by atoms with Crippen LogP contribution in [-0.2, 0) is 33.7 Å². The third-order valence-corrected chi connectivity index (χ3v) is 9.17. The third kappa shape index (κ3) is 14.1. The predicted molar refractivity (Wildman–Crippen MR) is 221 cm³/mol. The van der Waals surface area contributed by atoms with Crippen molar-refractivity contribution in [2.24, 2.45) is 0 Å². The molecule has 308 valence electrons. The van der Waals surface area contributed by atoms with E-state index in [1.807, 2.05) is 61.5 Å². The Labute approximate surface area is 337 Å². The minimum absolute atomic E-state index is 0.140. The van der Waals surface area contributed by atoms with E-state index in [0.717, 1.165) is 28.9 Å². The first kappa shape index (κ1) is 44.6. The zero-order valence-electron chi connectivity index (χ0n) is 34.5. The van der Waals surface area contributed by atoms with Gasteiger partial charge in [-0.2, -0.15) is 0 Å². The number of carbonyl (C=O) groups excluding carboxylic acids is 2. The normalized spacial score (nSPS) is 11.8. The Kier molecular flexibility index (Phi) is 17.7. The highest BCUT2D eigenvalue weighted by Gasteiger charge is 2.27. The topological polar surface area (TPSA) is 105 Å². The molecule has 0 fully saturated rings. The highest BCUT2D eigenvalue weighted by molar-refractivity contribution is 5.97. The zero-order chi connectivity index (χ0) is 41.2. The molecule has 0 aliphatic rings. The van der Waals surface area contributed by atoms with Gasteiger partial charge in [-0.1, -0.05) is 61.9 Å². The van der Waals surface area contributed by atoms with E-state index in [-0.39, 0.29) is 18.3 Å². The molecule has 0 saturated carbocycles. The molecule has 0 aromatic heterocycles. The summed E-state index contributed by atoms with van der Waals surface area (Å²) in [5, 5.41) is 2.87. The number of rotatable bonds is 22. The number of halogens is 1. The fraction of sp³-hybridized carbons (Fsp3) is 0.435. The number of amides is 2. The number of alkyl carbamates (subject to hydrolysis) is 1. The van der Waals surface area contributed by atoms with E-state index < -0.39 is 17.7 Å². The Balaban J connectivity index is 1.51. The second-order valence-electron chi connectivity index (χ2n) is 14.8. The van der Waals surface area contributed by atoms with Gasteiger partial charge >= 0.3 is 6.09 Å². The molecule has 1 atom stereocenters. The van der Waals surface area contributed by atoms with E-state index in [0.29, 0.717) is 86.9 Å². The highest BCUT2D eigenvalue weighted by atomic mass is 19.1. The van der Waals surface area contributed by atoms with Crippen molar-refractivity contribution in [3.63, 3.8) is 0 Å². The van der Waals surface area contributed by atoms with Crippen LogP contribution in [0.25, 0.3) is 11.1 Å². The number of hydrogen-bond acceptors (Lipinski definition) is 8. The quantitative estimate of drug-likeness (QED) is 0.0788. The molecular weight excluding hydrogens is 728 g/mol. The first-order chi connectivity index (χ1) is 27.4. The summed E-state index contributed by atoms with van der Waals surface area (Å²) in [5.41, 5.74) is 3.47. The molecule has 11 heteroatoms. The average molecular weight is 787 g/mol. The summed E-state index contributed by atoms with van der Waals surface area (Å²) in [7, 11) is 5.00. The molecule has 0 unspecified atom stereocenters. The van der Waals surface area contributed by atoms with Crippen LogP contribution < -0.4 is 19.5 Å². The Morgan fingerprint density at radius 1 is 0.807 bits per heavy atom. The lowest BCUT2D eigenvalue weighted by atomic mass is 9.94. The number of hydrogen-bond donors (Lipinski definition) is 1. The van der Waals surface area contributed by atoms with Gasteiger partial charge in [0.1, 0.15) is 28.7 Å². The van der Waals surface area contributed by atoms with Crippen molar-refractivity contribution >= 4 is 12.0 Å². The molecule has 0 radical (unpaired) electrons. The molecule has 10 nitrogen and oxygen atoms in total. The van der Waals surface area contributed by atoms with Gasteiger partial charge in [-0.15, -0.1) is 0 Å². The van der Waals surface area contributed by atoms with Gasteiger partial charge in [-0.25, -0.2) is 9.18 Å². The van der Waals surface area contributed by atoms with E-state index >= 15 is 4.39 Å². The van der Waals surface area contributed by atoms with E-state index in [4.69, 9.17) is 28.4 Å².